The number of esters is 1. The van der Waals surface area contributed by atoms with Gasteiger partial charge in [-0.2, -0.15) is 0 Å². The van der Waals surface area contributed by atoms with Crippen molar-refractivity contribution in [3.63, 3.8) is 0 Å². The van der Waals surface area contributed by atoms with Crippen LogP contribution in [0.5, 0.6) is 0 Å². The SMILES string of the molecule is [2H]N[C@H](Cc1ccccc1)C(=O)N[C@@H](C)C(=O)OCc1ccccc1. The van der Waals surface area contributed by atoms with Crippen molar-refractivity contribution in [3.8, 4) is 0 Å². The molecule has 0 fully saturated rings. The Labute approximate surface area is 143 Å². The maximum absolute atomic E-state index is 12.3. The van der Waals surface area contributed by atoms with E-state index in [-0.39, 0.29) is 6.61 Å². The van der Waals surface area contributed by atoms with Crippen LogP contribution in [0, 0.1) is 0 Å². The Morgan fingerprint density at radius 3 is 2.25 bits per heavy atom. The topological polar surface area (TPSA) is 81.4 Å². The van der Waals surface area contributed by atoms with Crippen LogP contribution >= 0.6 is 0 Å². The van der Waals surface area contributed by atoms with Gasteiger partial charge < -0.3 is 15.8 Å². The number of ether oxygens (including phenoxy) is 1. The van der Waals surface area contributed by atoms with E-state index in [1.54, 1.807) is 6.92 Å². The van der Waals surface area contributed by atoms with E-state index in [1.165, 1.54) is 0 Å². The number of carbonyl (C=O) groups excluding carboxylic acids is 2. The molecule has 0 aliphatic carbocycles. The Balaban J connectivity index is 1.83. The second-order valence-electron chi connectivity index (χ2n) is 5.57. The molecule has 0 spiro atoms. The van der Waals surface area contributed by atoms with Crippen LogP contribution in [-0.2, 0) is 27.4 Å². The lowest BCUT2D eigenvalue weighted by Crippen LogP contribution is -2.48. The summed E-state index contributed by atoms with van der Waals surface area (Å²) in [4.78, 5) is 24.3. The molecule has 126 valence electrons. The van der Waals surface area contributed by atoms with Crippen LogP contribution in [0.25, 0.3) is 0 Å². The summed E-state index contributed by atoms with van der Waals surface area (Å²) in [6.07, 6.45) is 0.363. The van der Waals surface area contributed by atoms with E-state index in [2.05, 4.69) is 11.0 Å². The fourth-order valence-corrected chi connectivity index (χ4v) is 2.17. The highest BCUT2D eigenvalue weighted by atomic mass is 16.5. The monoisotopic (exact) mass is 327 g/mol. The smallest absolute Gasteiger partial charge is 0.328 e. The lowest BCUT2D eigenvalue weighted by molar-refractivity contribution is -0.148. The first-order valence-corrected chi connectivity index (χ1v) is 7.82. The fraction of sp³-hybridized carbons (Fsp3) is 0.263. The molecule has 0 bridgehead atoms. The number of carbonyl (C=O) groups is 2. The summed E-state index contributed by atoms with van der Waals surface area (Å²) in [6.45, 7) is 1.72. The van der Waals surface area contributed by atoms with Gasteiger partial charge >= 0.3 is 5.97 Å². The lowest BCUT2D eigenvalue weighted by Gasteiger charge is -2.17. The van der Waals surface area contributed by atoms with Crippen LogP contribution in [0.15, 0.2) is 60.7 Å². The molecule has 1 amide bonds. The third-order valence-electron chi connectivity index (χ3n) is 3.54. The van der Waals surface area contributed by atoms with E-state index >= 15 is 0 Å². The van der Waals surface area contributed by atoms with Gasteiger partial charge in [-0.05, 0) is 24.5 Å². The van der Waals surface area contributed by atoms with Crippen molar-refractivity contribution in [3.05, 3.63) is 71.8 Å². The summed E-state index contributed by atoms with van der Waals surface area (Å²) in [5.74, 6) is -0.927. The molecule has 0 radical (unpaired) electrons. The highest BCUT2D eigenvalue weighted by Gasteiger charge is 2.21. The Morgan fingerprint density at radius 2 is 1.67 bits per heavy atom. The maximum atomic E-state index is 12.3. The first-order valence-electron chi connectivity index (χ1n) is 8.32. The summed E-state index contributed by atoms with van der Waals surface area (Å²) in [7, 11) is 0. The summed E-state index contributed by atoms with van der Waals surface area (Å²) in [5.41, 5.74) is 4.05. The molecule has 0 aliphatic rings. The predicted molar refractivity (Wildman–Crippen MR) is 92.0 cm³/mol. The van der Waals surface area contributed by atoms with Gasteiger partial charge in [0.1, 0.15) is 14.1 Å². The zero-order chi connectivity index (χ0) is 18.1. The van der Waals surface area contributed by atoms with Gasteiger partial charge in [0.2, 0.25) is 5.91 Å². The van der Waals surface area contributed by atoms with Crippen molar-refractivity contribution < 1.29 is 15.7 Å². The second-order valence-corrected chi connectivity index (χ2v) is 5.57. The van der Waals surface area contributed by atoms with Crippen LogP contribution in [0.2, 0.25) is 1.41 Å². The van der Waals surface area contributed by atoms with Gasteiger partial charge in [-0.15, -0.1) is 0 Å². The molecule has 0 heterocycles. The van der Waals surface area contributed by atoms with Gasteiger partial charge in [0.05, 0.1) is 6.04 Å². The van der Waals surface area contributed by atoms with Crippen LogP contribution in [0.1, 0.15) is 18.1 Å². The summed E-state index contributed by atoms with van der Waals surface area (Å²) in [6, 6.07) is 17.2. The molecule has 5 heteroatoms. The Bertz CT molecular complexity index is 680. The first kappa shape index (κ1) is 16.2. The fourth-order valence-electron chi connectivity index (χ4n) is 2.17. The molecule has 0 unspecified atom stereocenters. The zero-order valence-corrected chi connectivity index (χ0v) is 13.6. The van der Waals surface area contributed by atoms with Gasteiger partial charge in [0, 0.05) is 0 Å². The molecule has 0 aromatic heterocycles. The second kappa shape index (κ2) is 8.84. The van der Waals surface area contributed by atoms with Crippen molar-refractivity contribution in [2.45, 2.75) is 32.0 Å². The third kappa shape index (κ3) is 5.52. The normalized spacial score (nSPS) is 13.5. The van der Waals surface area contributed by atoms with E-state index in [0.29, 0.717) is 6.42 Å². The van der Waals surface area contributed by atoms with Crippen LogP contribution < -0.4 is 11.0 Å². The van der Waals surface area contributed by atoms with E-state index in [1.807, 2.05) is 60.7 Å². The van der Waals surface area contributed by atoms with Crippen molar-refractivity contribution in [2.24, 2.45) is 5.73 Å². The minimum absolute atomic E-state index is 0.157. The molecular formula is C19H22N2O3. The number of rotatable bonds is 8. The zero-order valence-electron chi connectivity index (χ0n) is 14.6. The molecule has 24 heavy (non-hydrogen) atoms. The number of amides is 1. The molecule has 3 N–H and O–H groups in total. The number of hydrogen-bond donors (Lipinski definition) is 2. The van der Waals surface area contributed by atoms with Gasteiger partial charge in [-0.25, -0.2) is 4.79 Å². The van der Waals surface area contributed by atoms with E-state index < -0.39 is 24.0 Å². The highest BCUT2D eigenvalue weighted by molar-refractivity contribution is 5.87. The van der Waals surface area contributed by atoms with Crippen molar-refractivity contribution >= 4 is 11.9 Å². The minimum atomic E-state index is -0.789. The summed E-state index contributed by atoms with van der Waals surface area (Å²) < 4.78 is 12.6. The molecule has 2 atom stereocenters. The lowest BCUT2D eigenvalue weighted by atomic mass is 10.1. The van der Waals surface area contributed by atoms with E-state index in [9.17, 15) is 9.59 Å². The Kier molecular flexibility index (Phi) is 5.97. The van der Waals surface area contributed by atoms with Crippen molar-refractivity contribution in [1.82, 2.24) is 5.32 Å². The van der Waals surface area contributed by atoms with Crippen LogP contribution in [0.3, 0.4) is 0 Å². The summed E-state index contributed by atoms with van der Waals surface area (Å²) >= 11 is 0. The van der Waals surface area contributed by atoms with E-state index in [0.717, 1.165) is 11.1 Å². The number of nitrogens with two attached hydrogens (primary N) is 1. The molecule has 2 rings (SSSR count). The molecular weight excluding hydrogens is 304 g/mol. The largest absolute Gasteiger partial charge is 0.459 e. The van der Waals surface area contributed by atoms with Crippen molar-refractivity contribution in [1.29, 1.82) is 0 Å². The Morgan fingerprint density at radius 1 is 1.08 bits per heavy atom. The standard InChI is InChI=1S/C19H22N2O3/c1-14(19(23)24-13-16-10-6-3-7-11-16)21-18(22)17(20)12-15-8-4-2-5-9-15/h2-11,14,17H,12-13,20H2,1H3,(H,21,22)/t14-,17+/m0/s1/i/hD. The minimum Gasteiger partial charge on any atom is -0.459 e. The first-order chi connectivity index (χ1) is 12.1. The van der Waals surface area contributed by atoms with E-state index in [4.69, 9.17) is 6.15 Å². The number of benzene rings is 2. The highest BCUT2D eigenvalue weighted by Crippen LogP contribution is 2.04. The van der Waals surface area contributed by atoms with Gasteiger partial charge in [-0.1, -0.05) is 60.7 Å². The van der Waals surface area contributed by atoms with Gasteiger partial charge in [0.15, 0.2) is 0 Å². The van der Waals surface area contributed by atoms with Crippen LogP contribution in [0.4, 0.5) is 0 Å². The maximum Gasteiger partial charge on any atom is 0.328 e. The van der Waals surface area contributed by atoms with Gasteiger partial charge in [-0.3, -0.25) is 4.79 Å². The summed E-state index contributed by atoms with van der Waals surface area (Å²) in [5, 5.41) is 2.59. The third-order valence-corrected chi connectivity index (χ3v) is 3.54. The average Bonchev–Trinajstić information content (AvgIpc) is 2.65. The molecule has 2 aromatic rings. The average molecular weight is 327 g/mol. The molecule has 0 saturated carbocycles. The number of nitrogens with one attached hydrogen (secondary N) is 1. The Hall–Kier alpha value is -2.66. The quantitative estimate of drug-likeness (QED) is 0.725. The van der Waals surface area contributed by atoms with Crippen LogP contribution in [-0.4, -0.2) is 24.0 Å². The van der Waals surface area contributed by atoms with Crippen molar-refractivity contribution in [2.75, 3.05) is 0 Å². The molecule has 0 aliphatic heterocycles. The molecule has 5 nitrogen and oxygen atoms in total. The predicted octanol–water partition coefficient (Wildman–Crippen LogP) is 1.80. The molecule has 2 aromatic carbocycles. The van der Waals surface area contributed by atoms with Gasteiger partial charge in [0.25, 0.3) is 0 Å². The molecule has 0 saturated heterocycles. The number of hydrogen-bond acceptors (Lipinski definition) is 4.